The lowest BCUT2D eigenvalue weighted by molar-refractivity contribution is 0.186. The molecule has 1 aliphatic heterocycles. The van der Waals surface area contributed by atoms with Crippen molar-refractivity contribution >= 4 is 5.69 Å². The van der Waals surface area contributed by atoms with Gasteiger partial charge >= 0.3 is 0 Å². The summed E-state index contributed by atoms with van der Waals surface area (Å²) in [5.41, 5.74) is 7.95. The molecular formula is C12H17NO2. The van der Waals surface area contributed by atoms with Crippen molar-refractivity contribution in [2.45, 2.75) is 12.8 Å². The van der Waals surface area contributed by atoms with Crippen LogP contribution in [-0.2, 0) is 11.2 Å². The third-order valence-electron chi connectivity index (χ3n) is 2.88. The van der Waals surface area contributed by atoms with Gasteiger partial charge in [-0.1, -0.05) is 0 Å². The van der Waals surface area contributed by atoms with Crippen molar-refractivity contribution in [3.05, 3.63) is 23.8 Å². The van der Waals surface area contributed by atoms with Crippen LogP contribution < -0.4 is 10.5 Å². The Morgan fingerprint density at radius 2 is 2.40 bits per heavy atom. The monoisotopic (exact) mass is 207 g/mol. The number of nitrogens with two attached hydrogens (primary N) is 1. The maximum absolute atomic E-state index is 5.93. The van der Waals surface area contributed by atoms with E-state index in [1.54, 1.807) is 7.11 Å². The highest BCUT2D eigenvalue weighted by Gasteiger charge is 2.17. The first-order valence-electron chi connectivity index (χ1n) is 5.29. The van der Waals surface area contributed by atoms with Gasteiger partial charge in [-0.3, -0.25) is 0 Å². The minimum atomic E-state index is 0.611. The molecule has 3 heteroatoms. The third-order valence-corrected chi connectivity index (χ3v) is 2.88. The van der Waals surface area contributed by atoms with E-state index in [0.717, 1.165) is 37.5 Å². The minimum Gasteiger partial charge on any atom is -0.497 e. The summed E-state index contributed by atoms with van der Waals surface area (Å²) >= 11 is 0. The molecule has 3 nitrogen and oxygen atoms in total. The van der Waals surface area contributed by atoms with E-state index in [2.05, 4.69) is 0 Å². The van der Waals surface area contributed by atoms with Gasteiger partial charge in [-0.2, -0.15) is 0 Å². The molecule has 1 atom stereocenters. The molecule has 82 valence electrons. The van der Waals surface area contributed by atoms with Gasteiger partial charge in [0.2, 0.25) is 0 Å². The molecule has 0 aromatic heterocycles. The van der Waals surface area contributed by atoms with Crippen molar-refractivity contribution in [3.63, 3.8) is 0 Å². The number of hydrogen-bond acceptors (Lipinski definition) is 3. The fourth-order valence-electron chi connectivity index (χ4n) is 1.94. The topological polar surface area (TPSA) is 44.5 Å². The lowest BCUT2D eigenvalue weighted by Crippen LogP contribution is -2.06. The Balaban J connectivity index is 2.11. The molecule has 1 aliphatic rings. The quantitative estimate of drug-likeness (QED) is 0.769. The minimum absolute atomic E-state index is 0.611. The van der Waals surface area contributed by atoms with Gasteiger partial charge in [0, 0.05) is 18.9 Å². The zero-order valence-electron chi connectivity index (χ0n) is 9.03. The van der Waals surface area contributed by atoms with Crippen molar-refractivity contribution in [2.24, 2.45) is 5.92 Å². The molecule has 0 aliphatic carbocycles. The summed E-state index contributed by atoms with van der Waals surface area (Å²) < 4.78 is 10.5. The maximum Gasteiger partial charge on any atom is 0.119 e. The third kappa shape index (κ3) is 2.42. The van der Waals surface area contributed by atoms with Crippen LogP contribution in [0.15, 0.2) is 18.2 Å². The highest BCUT2D eigenvalue weighted by molar-refractivity contribution is 5.50. The highest BCUT2D eigenvalue weighted by Crippen LogP contribution is 2.25. The van der Waals surface area contributed by atoms with Crippen molar-refractivity contribution in [1.29, 1.82) is 0 Å². The second kappa shape index (κ2) is 4.53. The molecule has 1 aromatic rings. The summed E-state index contributed by atoms with van der Waals surface area (Å²) in [6, 6.07) is 5.82. The fraction of sp³-hybridized carbons (Fsp3) is 0.500. The van der Waals surface area contributed by atoms with Crippen LogP contribution in [0.1, 0.15) is 12.0 Å². The van der Waals surface area contributed by atoms with Crippen molar-refractivity contribution in [3.8, 4) is 5.75 Å². The first-order chi connectivity index (χ1) is 7.29. The van der Waals surface area contributed by atoms with Gasteiger partial charge < -0.3 is 15.2 Å². The molecule has 1 fully saturated rings. The van der Waals surface area contributed by atoms with E-state index in [9.17, 15) is 0 Å². The fourth-order valence-corrected chi connectivity index (χ4v) is 1.94. The van der Waals surface area contributed by atoms with Crippen molar-refractivity contribution < 1.29 is 9.47 Å². The number of ether oxygens (including phenoxy) is 2. The summed E-state index contributed by atoms with van der Waals surface area (Å²) in [5, 5.41) is 0. The molecular weight excluding hydrogens is 190 g/mol. The van der Waals surface area contributed by atoms with Gasteiger partial charge in [0.15, 0.2) is 0 Å². The molecule has 0 radical (unpaired) electrons. The summed E-state index contributed by atoms with van der Waals surface area (Å²) in [5.74, 6) is 1.48. The molecule has 0 saturated carbocycles. The smallest absolute Gasteiger partial charge is 0.119 e. The molecule has 0 spiro atoms. The zero-order valence-corrected chi connectivity index (χ0v) is 9.03. The van der Waals surface area contributed by atoms with Gasteiger partial charge in [0.1, 0.15) is 5.75 Å². The Morgan fingerprint density at radius 1 is 1.53 bits per heavy atom. The van der Waals surface area contributed by atoms with Crippen LogP contribution in [0.3, 0.4) is 0 Å². The standard InChI is InChI=1S/C12H17NO2/c1-14-11-2-3-12(13)10(7-11)6-9-4-5-15-8-9/h2-3,7,9H,4-6,8,13H2,1H3. The summed E-state index contributed by atoms with van der Waals surface area (Å²) in [6.07, 6.45) is 2.12. The predicted octanol–water partition coefficient (Wildman–Crippen LogP) is 1.86. The summed E-state index contributed by atoms with van der Waals surface area (Å²) in [7, 11) is 1.67. The van der Waals surface area contributed by atoms with Gasteiger partial charge in [0.25, 0.3) is 0 Å². The molecule has 2 N–H and O–H groups in total. The summed E-state index contributed by atoms with van der Waals surface area (Å²) in [6.45, 7) is 1.74. The largest absolute Gasteiger partial charge is 0.497 e. The molecule has 0 amide bonds. The first-order valence-corrected chi connectivity index (χ1v) is 5.29. The molecule has 1 aromatic carbocycles. The lowest BCUT2D eigenvalue weighted by atomic mass is 9.97. The molecule has 15 heavy (non-hydrogen) atoms. The molecule has 2 rings (SSSR count). The van der Waals surface area contributed by atoms with E-state index < -0.39 is 0 Å². The maximum atomic E-state index is 5.93. The molecule has 1 heterocycles. The number of nitrogen functional groups attached to an aromatic ring is 1. The van der Waals surface area contributed by atoms with E-state index in [-0.39, 0.29) is 0 Å². The van der Waals surface area contributed by atoms with E-state index in [1.807, 2.05) is 18.2 Å². The average Bonchev–Trinajstić information content (AvgIpc) is 2.74. The van der Waals surface area contributed by atoms with Crippen LogP contribution in [0.2, 0.25) is 0 Å². The van der Waals surface area contributed by atoms with Gasteiger partial charge in [-0.05, 0) is 42.5 Å². The molecule has 1 unspecified atom stereocenters. The van der Waals surface area contributed by atoms with Gasteiger partial charge in [0.05, 0.1) is 7.11 Å². The SMILES string of the molecule is COc1ccc(N)c(CC2CCOC2)c1. The Kier molecular flexibility index (Phi) is 3.11. The lowest BCUT2D eigenvalue weighted by Gasteiger charge is -2.11. The van der Waals surface area contributed by atoms with Crippen molar-refractivity contribution in [1.82, 2.24) is 0 Å². The Hall–Kier alpha value is -1.22. The number of methoxy groups -OCH3 is 1. The van der Waals surface area contributed by atoms with Gasteiger partial charge in [-0.25, -0.2) is 0 Å². The Morgan fingerprint density at radius 3 is 3.07 bits per heavy atom. The number of anilines is 1. The van der Waals surface area contributed by atoms with E-state index in [1.165, 1.54) is 5.56 Å². The van der Waals surface area contributed by atoms with Crippen LogP contribution in [0.5, 0.6) is 5.75 Å². The van der Waals surface area contributed by atoms with E-state index in [4.69, 9.17) is 15.2 Å². The summed E-state index contributed by atoms with van der Waals surface area (Å²) in [4.78, 5) is 0. The van der Waals surface area contributed by atoms with Crippen LogP contribution in [0, 0.1) is 5.92 Å². The predicted molar refractivity (Wildman–Crippen MR) is 60.0 cm³/mol. The van der Waals surface area contributed by atoms with Crippen LogP contribution in [-0.4, -0.2) is 20.3 Å². The van der Waals surface area contributed by atoms with E-state index in [0.29, 0.717) is 5.92 Å². The second-order valence-electron chi connectivity index (χ2n) is 4.00. The Labute approximate surface area is 90.2 Å². The zero-order chi connectivity index (χ0) is 10.7. The van der Waals surface area contributed by atoms with E-state index >= 15 is 0 Å². The number of benzene rings is 1. The second-order valence-corrected chi connectivity index (χ2v) is 4.00. The van der Waals surface area contributed by atoms with Gasteiger partial charge in [-0.15, -0.1) is 0 Å². The normalized spacial score (nSPS) is 20.5. The highest BCUT2D eigenvalue weighted by atomic mass is 16.5. The van der Waals surface area contributed by atoms with Crippen LogP contribution in [0.25, 0.3) is 0 Å². The number of hydrogen-bond donors (Lipinski definition) is 1. The molecule has 0 bridgehead atoms. The van der Waals surface area contributed by atoms with Crippen LogP contribution >= 0.6 is 0 Å². The van der Waals surface area contributed by atoms with Crippen LogP contribution in [0.4, 0.5) is 5.69 Å². The Bertz CT molecular complexity index is 332. The molecule has 1 saturated heterocycles. The first kappa shape index (κ1) is 10.3. The van der Waals surface area contributed by atoms with Crippen molar-refractivity contribution in [2.75, 3.05) is 26.1 Å². The average molecular weight is 207 g/mol. The number of rotatable bonds is 3.